The van der Waals surface area contributed by atoms with Crippen LogP contribution in [0.1, 0.15) is 0 Å². The highest BCUT2D eigenvalue weighted by molar-refractivity contribution is 5.69. The van der Waals surface area contributed by atoms with Gasteiger partial charge in [0.1, 0.15) is 5.82 Å². The Morgan fingerprint density at radius 3 is 2.78 bits per heavy atom. The van der Waals surface area contributed by atoms with Gasteiger partial charge in [-0.15, -0.1) is 0 Å². The third kappa shape index (κ3) is 1.88. The Balaban J connectivity index is 2.10. The Labute approximate surface area is 103 Å². The van der Waals surface area contributed by atoms with Crippen LogP contribution in [-0.2, 0) is 0 Å². The third-order valence-corrected chi connectivity index (χ3v) is 2.72. The van der Waals surface area contributed by atoms with E-state index in [1.54, 1.807) is 36.9 Å². The van der Waals surface area contributed by atoms with E-state index in [1.807, 2.05) is 12.1 Å². The van der Waals surface area contributed by atoms with Crippen LogP contribution in [0.5, 0.6) is 0 Å². The van der Waals surface area contributed by atoms with Gasteiger partial charge in [0.25, 0.3) is 0 Å². The van der Waals surface area contributed by atoms with Crippen molar-refractivity contribution in [3.63, 3.8) is 0 Å². The number of rotatable bonds is 2. The molecule has 3 nitrogen and oxygen atoms in total. The molecule has 0 spiro atoms. The zero-order valence-electron chi connectivity index (χ0n) is 9.47. The van der Waals surface area contributed by atoms with Gasteiger partial charge in [-0.25, -0.2) is 9.37 Å². The third-order valence-electron chi connectivity index (χ3n) is 2.72. The number of H-pyrrole nitrogens is 1. The summed E-state index contributed by atoms with van der Waals surface area (Å²) in [7, 11) is 0. The number of aromatic amines is 1. The lowest BCUT2D eigenvalue weighted by Gasteiger charge is -2.04. The summed E-state index contributed by atoms with van der Waals surface area (Å²) < 4.78 is 13.7. The first-order valence-electron chi connectivity index (χ1n) is 5.54. The van der Waals surface area contributed by atoms with Crippen LogP contribution in [0.25, 0.3) is 22.5 Å². The van der Waals surface area contributed by atoms with Crippen molar-refractivity contribution in [2.45, 2.75) is 0 Å². The van der Waals surface area contributed by atoms with Gasteiger partial charge in [0.15, 0.2) is 0 Å². The molecular formula is C14H10FN3. The second kappa shape index (κ2) is 4.41. The van der Waals surface area contributed by atoms with Crippen LogP contribution in [0.15, 0.2) is 55.1 Å². The van der Waals surface area contributed by atoms with E-state index in [4.69, 9.17) is 0 Å². The van der Waals surface area contributed by atoms with Gasteiger partial charge >= 0.3 is 0 Å². The molecule has 18 heavy (non-hydrogen) atoms. The molecule has 2 aromatic heterocycles. The smallest absolute Gasteiger partial charge is 0.131 e. The molecule has 0 aliphatic carbocycles. The van der Waals surface area contributed by atoms with Crippen LogP contribution in [-0.4, -0.2) is 15.0 Å². The van der Waals surface area contributed by atoms with Gasteiger partial charge in [-0.3, -0.25) is 4.98 Å². The van der Waals surface area contributed by atoms with Crippen molar-refractivity contribution >= 4 is 0 Å². The van der Waals surface area contributed by atoms with E-state index in [1.165, 1.54) is 6.07 Å². The molecule has 0 fully saturated rings. The first kappa shape index (κ1) is 10.7. The van der Waals surface area contributed by atoms with E-state index in [-0.39, 0.29) is 5.82 Å². The number of imidazole rings is 1. The lowest BCUT2D eigenvalue weighted by atomic mass is 10.1. The summed E-state index contributed by atoms with van der Waals surface area (Å²) >= 11 is 0. The molecule has 0 unspecified atom stereocenters. The second-order valence-corrected chi connectivity index (χ2v) is 3.87. The molecule has 1 aromatic carbocycles. The topological polar surface area (TPSA) is 41.6 Å². The molecule has 0 bridgehead atoms. The molecule has 88 valence electrons. The molecule has 3 rings (SSSR count). The van der Waals surface area contributed by atoms with Crippen LogP contribution in [0.3, 0.4) is 0 Å². The highest BCUT2D eigenvalue weighted by atomic mass is 19.1. The fourth-order valence-electron chi connectivity index (χ4n) is 1.84. The zero-order chi connectivity index (χ0) is 12.4. The SMILES string of the molecule is Fc1ccccc1-c1ccnc(-c2cnc[nH]2)c1. The normalized spacial score (nSPS) is 10.5. The van der Waals surface area contributed by atoms with Crippen molar-refractivity contribution in [1.29, 1.82) is 0 Å². The Kier molecular flexibility index (Phi) is 2.61. The Bertz CT molecular complexity index is 662. The first-order valence-corrected chi connectivity index (χ1v) is 5.54. The first-order chi connectivity index (χ1) is 8.84. The highest BCUT2D eigenvalue weighted by Crippen LogP contribution is 2.25. The minimum absolute atomic E-state index is 0.237. The maximum absolute atomic E-state index is 13.7. The van der Waals surface area contributed by atoms with E-state index in [0.29, 0.717) is 5.56 Å². The number of hydrogen-bond acceptors (Lipinski definition) is 2. The summed E-state index contributed by atoms with van der Waals surface area (Å²) in [5, 5.41) is 0. The van der Waals surface area contributed by atoms with Gasteiger partial charge in [0, 0.05) is 11.8 Å². The molecule has 0 saturated carbocycles. The van der Waals surface area contributed by atoms with E-state index in [0.717, 1.165) is 17.0 Å². The minimum Gasteiger partial charge on any atom is -0.343 e. The summed E-state index contributed by atoms with van der Waals surface area (Å²) in [5.41, 5.74) is 2.93. The van der Waals surface area contributed by atoms with Crippen molar-refractivity contribution in [3.8, 4) is 22.5 Å². The van der Waals surface area contributed by atoms with Gasteiger partial charge in [-0.1, -0.05) is 18.2 Å². The summed E-state index contributed by atoms with van der Waals surface area (Å²) in [6, 6.07) is 10.3. The lowest BCUT2D eigenvalue weighted by Crippen LogP contribution is -1.87. The summed E-state index contributed by atoms with van der Waals surface area (Å²) in [6.45, 7) is 0. The standard InChI is InChI=1S/C14H10FN3/c15-12-4-2-1-3-11(12)10-5-6-17-13(7-10)14-8-16-9-18-14/h1-9H,(H,16,18). The Morgan fingerprint density at radius 1 is 1.11 bits per heavy atom. The van der Waals surface area contributed by atoms with Crippen LogP contribution in [0, 0.1) is 5.82 Å². The molecule has 2 heterocycles. The van der Waals surface area contributed by atoms with Gasteiger partial charge in [0.2, 0.25) is 0 Å². The molecule has 0 amide bonds. The largest absolute Gasteiger partial charge is 0.343 e. The number of pyridine rings is 1. The Hall–Kier alpha value is -2.49. The van der Waals surface area contributed by atoms with Crippen LogP contribution < -0.4 is 0 Å². The fourth-order valence-corrected chi connectivity index (χ4v) is 1.84. The van der Waals surface area contributed by atoms with E-state index >= 15 is 0 Å². The lowest BCUT2D eigenvalue weighted by molar-refractivity contribution is 0.631. The predicted molar refractivity (Wildman–Crippen MR) is 67.2 cm³/mol. The Morgan fingerprint density at radius 2 is 2.00 bits per heavy atom. The summed E-state index contributed by atoms with van der Waals surface area (Å²) in [4.78, 5) is 11.2. The van der Waals surface area contributed by atoms with Crippen LogP contribution in [0.2, 0.25) is 0 Å². The number of aromatic nitrogens is 3. The van der Waals surface area contributed by atoms with E-state index in [2.05, 4.69) is 15.0 Å². The molecule has 4 heteroatoms. The van der Waals surface area contributed by atoms with Gasteiger partial charge in [-0.05, 0) is 23.8 Å². The summed E-state index contributed by atoms with van der Waals surface area (Å²) in [6.07, 6.45) is 4.94. The van der Waals surface area contributed by atoms with Crippen molar-refractivity contribution < 1.29 is 4.39 Å². The number of benzene rings is 1. The molecule has 0 radical (unpaired) electrons. The second-order valence-electron chi connectivity index (χ2n) is 3.87. The molecule has 0 aliphatic heterocycles. The molecule has 3 aromatic rings. The number of hydrogen-bond donors (Lipinski definition) is 1. The average Bonchev–Trinajstić information content (AvgIpc) is 2.93. The summed E-state index contributed by atoms with van der Waals surface area (Å²) in [5.74, 6) is -0.237. The maximum Gasteiger partial charge on any atom is 0.131 e. The number of nitrogens with zero attached hydrogens (tertiary/aromatic N) is 2. The molecule has 0 saturated heterocycles. The number of nitrogens with one attached hydrogen (secondary N) is 1. The average molecular weight is 239 g/mol. The molecule has 1 N–H and O–H groups in total. The maximum atomic E-state index is 13.7. The monoisotopic (exact) mass is 239 g/mol. The number of halogens is 1. The van der Waals surface area contributed by atoms with Crippen molar-refractivity contribution in [2.75, 3.05) is 0 Å². The van der Waals surface area contributed by atoms with Gasteiger partial charge < -0.3 is 4.98 Å². The zero-order valence-corrected chi connectivity index (χ0v) is 9.47. The van der Waals surface area contributed by atoms with Gasteiger partial charge in [0.05, 0.1) is 23.9 Å². The van der Waals surface area contributed by atoms with E-state index < -0.39 is 0 Å². The molecule has 0 aliphatic rings. The van der Waals surface area contributed by atoms with Crippen LogP contribution in [0.4, 0.5) is 4.39 Å². The van der Waals surface area contributed by atoms with E-state index in [9.17, 15) is 4.39 Å². The van der Waals surface area contributed by atoms with Crippen LogP contribution >= 0.6 is 0 Å². The van der Waals surface area contributed by atoms with Gasteiger partial charge in [-0.2, -0.15) is 0 Å². The van der Waals surface area contributed by atoms with Crippen molar-refractivity contribution in [3.05, 3.63) is 60.9 Å². The fraction of sp³-hybridized carbons (Fsp3) is 0. The predicted octanol–water partition coefficient (Wildman–Crippen LogP) is 3.28. The quantitative estimate of drug-likeness (QED) is 0.745. The van der Waals surface area contributed by atoms with Crippen molar-refractivity contribution in [1.82, 2.24) is 15.0 Å². The minimum atomic E-state index is -0.237. The molecule has 0 atom stereocenters. The van der Waals surface area contributed by atoms with Crippen molar-refractivity contribution in [2.24, 2.45) is 0 Å². The molecular weight excluding hydrogens is 229 g/mol. The highest BCUT2D eigenvalue weighted by Gasteiger charge is 2.06.